The minimum Gasteiger partial charge on any atom is -0.497 e. The van der Waals surface area contributed by atoms with E-state index < -0.39 is 10.0 Å². The Labute approximate surface area is 154 Å². The first kappa shape index (κ1) is 20.0. The Balaban J connectivity index is 0.00000264. The van der Waals surface area contributed by atoms with Crippen LogP contribution in [0.2, 0.25) is 0 Å². The number of nitrogens with two attached hydrogens (primary N) is 1. The molecule has 1 fully saturated rings. The summed E-state index contributed by atoms with van der Waals surface area (Å²) in [5.41, 5.74) is 6.68. The van der Waals surface area contributed by atoms with Gasteiger partial charge in [-0.15, -0.1) is 24.0 Å². The van der Waals surface area contributed by atoms with Crippen LogP contribution in [-0.4, -0.2) is 51.7 Å². The molecule has 1 heterocycles. The number of ether oxygens (including phenoxy) is 1. The Hall–Kier alpha value is -1.07. The summed E-state index contributed by atoms with van der Waals surface area (Å²) in [6.07, 6.45) is 2.05. The van der Waals surface area contributed by atoms with Crippen molar-refractivity contribution in [1.82, 2.24) is 4.31 Å². The maximum Gasteiger partial charge on any atom is 0.211 e. The topological polar surface area (TPSA) is 97.0 Å². The lowest BCUT2D eigenvalue weighted by molar-refractivity contribution is 0.415. The number of hydrogen-bond acceptors (Lipinski definition) is 4. The van der Waals surface area contributed by atoms with Crippen molar-refractivity contribution in [1.29, 1.82) is 0 Å². The summed E-state index contributed by atoms with van der Waals surface area (Å²) < 4.78 is 29.5. The van der Waals surface area contributed by atoms with Gasteiger partial charge in [-0.3, -0.25) is 4.99 Å². The van der Waals surface area contributed by atoms with Crippen molar-refractivity contribution in [3.8, 4) is 5.75 Å². The van der Waals surface area contributed by atoms with Gasteiger partial charge in [-0.25, -0.2) is 12.7 Å². The highest BCUT2D eigenvalue weighted by Crippen LogP contribution is 2.19. The van der Waals surface area contributed by atoms with Crippen LogP contribution in [0, 0.1) is 5.92 Å². The number of nitrogens with zero attached hydrogens (tertiary/aromatic N) is 2. The molecule has 0 aromatic heterocycles. The molecule has 0 amide bonds. The van der Waals surface area contributed by atoms with Crippen molar-refractivity contribution in [3.63, 3.8) is 0 Å². The summed E-state index contributed by atoms with van der Waals surface area (Å²) in [6, 6.07) is 7.36. The molecule has 0 aliphatic carbocycles. The first-order chi connectivity index (χ1) is 10.4. The van der Waals surface area contributed by atoms with Crippen molar-refractivity contribution in [2.45, 2.75) is 6.42 Å². The number of benzene rings is 1. The Morgan fingerprint density at radius 1 is 1.43 bits per heavy atom. The Morgan fingerprint density at radius 3 is 2.61 bits per heavy atom. The molecule has 1 aromatic carbocycles. The minimum atomic E-state index is -3.10. The van der Waals surface area contributed by atoms with E-state index in [1.54, 1.807) is 7.11 Å². The fourth-order valence-electron chi connectivity index (χ4n) is 2.34. The fourth-order valence-corrected chi connectivity index (χ4v) is 3.26. The van der Waals surface area contributed by atoms with Crippen LogP contribution in [0.4, 0.5) is 5.69 Å². The lowest BCUT2D eigenvalue weighted by Crippen LogP contribution is -2.28. The van der Waals surface area contributed by atoms with Gasteiger partial charge in [-0.1, -0.05) is 0 Å². The largest absolute Gasteiger partial charge is 0.497 e. The molecular formula is C14H23IN4O3S. The third kappa shape index (κ3) is 6.15. The highest BCUT2D eigenvalue weighted by Gasteiger charge is 2.28. The number of anilines is 1. The molecule has 130 valence electrons. The number of guanidine groups is 1. The predicted octanol–water partition coefficient (Wildman–Crippen LogP) is 1.32. The molecule has 9 heteroatoms. The van der Waals surface area contributed by atoms with E-state index >= 15 is 0 Å². The first-order valence-corrected chi connectivity index (χ1v) is 8.89. The van der Waals surface area contributed by atoms with Crippen LogP contribution in [-0.2, 0) is 10.0 Å². The van der Waals surface area contributed by atoms with E-state index in [1.807, 2.05) is 24.3 Å². The van der Waals surface area contributed by atoms with Crippen LogP contribution >= 0.6 is 24.0 Å². The van der Waals surface area contributed by atoms with Gasteiger partial charge in [0.05, 0.1) is 13.4 Å². The van der Waals surface area contributed by atoms with Crippen molar-refractivity contribution in [3.05, 3.63) is 24.3 Å². The normalized spacial score (nSPS) is 19.2. The van der Waals surface area contributed by atoms with Crippen LogP contribution in [0.15, 0.2) is 29.3 Å². The quantitative estimate of drug-likeness (QED) is 0.398. The van der Waals surface area contributed by atoms with Gasteiger partial charge in [0.15, 0.2) is 5.96 Å². The Morgan fingerprint density at radius 2 is 2.09 bits per heavy atom. The van der Waals surface area contributed by atoms with E-state index in [0.717, 1.165) is 17.9 Å². The summed E-state index contributed by atoms with van der Waals surface area (Å²) in [5, 5.41) is 3.00. The summed E-state index contributed by atoms with van der Waals surface area (Å²) in [4.78, 5) is 4.29. The van der Waals surface area contributed by atoms with Crippen molar-refractivity contribution in [2.75, 3.05) is 38.3 Å². The Kier molecular flexibility index (Phi) is 7.55. The number of nitrogens with one attached hydrogen (secondary N) is 1. The molecule has 0 radical (unpaired) electrons. The number of aliphatic imine (C=N–C) groups is 1. The van der Waals surface area contributed by atoms with E-state index in [2.05, 4.69) is 10.3 Å². The van der Waals surface area contributed by atoms with Gasteiger partial charge in [0.2, 0.25) is 10.0 Å². The molecule has 0 bridgehead atoms. The van der Waals surface area contributed by atoms with Gasteiger partial charge >= 0.3 is 0 Å². The van der Waals surface area contributed by atoms with Gasteiger partial charge in [0.1, 0.15) is 5.75 Å². The summed E-state index contributed by atoms with van der Waals surface area (Å²) in [5.74, 6) is 1.31. The second-order valence-corrected chi connectivity index (χ2v) is 7.34. The molecule has 0 saturated carbocycles. The maximum absolute atomic E-state index is 11.5. The van der Waals surface area contributed by atoms with Crippen LogP contribution in [0.25, 0.3) is 0 Å². The van der Waals surface area contributed by atoms with Gasteiger partial charge < -0.3 is 15.8 Å². The van der Waals surface area contributed by atoms with Gasteiger partial charge in [-0.05, 0) is 36.6 Å². The SMILES string of the molecule is COc1ccc(NC(N)=NCC2CCN(S(C)(=O)=O)C2)cc1.I. The second kappa shape index (κ2) is 8.69. The molecule has 1 aliphatic rings. The Bertz CT molecular complexity index is 634. The molecular weight excluding hydrogens is 431 g/mol. The van der Waals surface area contributed by atoms with E-state index in [0.29, 0.717) is 25.6 Å². The van der Waals surface area contributed by atoms with Crippen molar-refractivity contribution >= 4 is 45.6 Å². The van der Waals surface area contributed by atoms with Gasteiger partial charge in [-0.2, -0.15) is 0 Å². The van der Waals surface area contributed by atoms with Gasteiger partial charge in [0.25, 0.3) is 0 Å². The number of halogens is 1. The zero-order chi connectivity index (χ0) is 16.2. The van der Waals surface area contributed by atoms with Crippen LogP contribution in [0.5, 0.6) is 5.75 Å². The smallest absolute Gasteiger partial charge is 0.211 e. The monoisotopic (exact) mass is 454 g/mol. The number of hydrogen-bond donors (Lipinski definition) is 2. The lowest BCUT2D eigenvalue weighted by atomic mass is 10.1. The zero-order valence-corrected chi connectivity index (χ0v) is 16.4. The molecule has 0 spiro atoms. The molecule has 3 N–H and O–H groups in total. The average Bonchev–Trinajstić information content (AvgIpc) is 2.95. The highest BCUT2D eigenvalue weighted by molar-refractivity contribution is 14.0. The molecule has 1 aromatic rings. The summed E-state index contributed by atoms with van der Waals surface area (Å²) >= 11 is 0. The number of methoxy groups -OCH3 is 1. The summed E-state index contributed by atoms with van der Waals surface area (Å²) in [7, 11) is -1.49. The third-order valence-corrected chi connectivity index (χ3v) is 4.87. The maximum atomic E-state index is 11.5. The second-order valence-electron chi connectivity index (χ2n) is 5.36. The van der Waals surface area contributed by atoms with Crippen molar-refractivity contribution < 1.29 is 13.2 Å². The average molecular weight is 454 g/mol. The van der Waals surface area contributed by atoms with Crippen LogP contribution in [0.1, 0.15) is 6.42 Å². The number of sulfonamides is 1. The van der Waals surface area contributed by atoms with E-state index in [-0.39, 0.29) is 29.9 Å². The predicted molar refractivity (Wildman–Crippen MR) is 103 cm³/mol. The standard InChI is InChI=1S/C14H22N4O3S.HI/c1-21-13-5-3-12(4-6-13)17-14(15)16-9-11-7-8-18(10-11)22(2,19)20;/h3-6,11H,7-10H2,1-2H3,(H3,15,16,17);1H. The summed E-state index contributed by atoms with van der Waals surface area (Å²) in [6.45, 7) is 1.59. The van der Waals surface area contributed by atoms with Crippen LogP contribution in [0.3, 0.4) is 0 Å². The molecule has 1 atom stereocenters. The minimum absolute atomic E-state index is 0. The number of rotatable bonds is 5. The molecule has 1 saturated heterocycles. The zero-order valence-electron chi connectivity index (χ0n) is 13.2. The molecule has 7 nitrogen and oxygen atoms in total. The van der Waals surface area contributed by atoms with E-state index in [4.69, 9.17) is 10.5 Å². The fraction of sp³-hybridized carbons (Fsp3) is 0.500. The molecule has 1 unspecified atom stereocenters. The molecule has 1 aliphatic heterocycles. The van der Waals surface area contributed by atoms with E-state index in [9.17, 15) is 8.42 Å². The highest BCUT2D eigenvalue weighted by atomic mass is 127. The third-order valence-electron chi connectivity index (χ3n) is 3.60. The van der Waals surface area contributed by atoms with Crippen molar-refractivity contribution in [2.24, 2.45) is 16.6 Å². The first-order valence-electron chi connectivity index (χ1n) is 7.04. The lowest BCUT2D eigenvalue weighted by Gasteiger charge is -2.12. The molecule has 2 rings (SSSR count). The molecule has 23 heavy (non-hydrogen) atoms. The van der Waals surface area contributed by atoms with E-state index in [1.165, 1.54) is 10.6 Å². The van der Waals surface area contributed by atoms with Gasteiger partial charge in [0, 0.05) is 25.3 Å². The van der Waals surface area contributed by atoms with Crippen LogP contribution < -0.4 is 15.8 Å².